The zero-order chi connectivity index (χ0) is 11.1. The van der Waals surface area contributed by atoms with Crippen molar-refractivity contribution in [3.63, 3.8) is 0 Å². The van der Waals surface area contributed by atoms with Gasteiger partial charge in [0.2, 0.25) is 0 Å². The van der Waals surface area contributed by atoms with Crippen LogP contribution in [0.2, 0.25) is 0 Å². The van der Waals surface area contributed by atoms with Gasteiger partial charge in [-0.25, -0.2) is 0 Å². The first-order valence-corrected chi connectivity index (χ1v) is 5.50. The van der Waals surface area contributed by atoms with Crippen molar-refractivity contribution in [2.24, 2.45) is 5.92 Å². The van der Waals surface area contributed by atoms with Gasteiger partial charge in [-0.3, -0.25) is 4.98 Å². The maximum absolute atomic E-state index is 4.35. The van der Waals surface area contributed by atoms with Gasteiger partial charge < -0.3 is 5.32 Å². The molecule has 0 bridgehead atoms. The Morgan fingerprint density at radius 3 is 2.80 bits per heavy atom. The highest BCUT2D eigenvalue weighted by Crippen LogP contribution is 2.01. The molecule has 0 aliphatic carbocycles. The standard InChI is InChI=1S/C13H20N2/c1-4-12-5-6-13(15-10-12)7-8-14-9-11(2)3/h4-6,10-11,14H,1,7-9H2,2-3H3. The van der Waals surface area contributed by atoms with Gasteiger partial charge in [-0.1, -0.05) is 32.6 Å². The summed E-state index contributed by atoms with van der Waals surface area (Å²) in [5.74, 6) is 0.709. The predicted molar refractivity (Wildman–Crippen MR) is 65.7 cm³/mol. The summed E-state index contributed by atoms with van der Waals surface area (Å²) in [5, 5.41) is 3.40. The Bertz CT molecular complexity index is 288. The van der Waals surface area contributed by atoms with Crippen LogP contribution in [0.3, 0.4) is 0 Å². The van der Waals surface area contributed by atoms with E-state index in [2.05, 4.69) is 42.9 Å². The molecule has 1 N–H and O–H groups in total. The lowest BCUT2D eigenvalue weighted by Gasteiger charge is -2.06. The number of rotatable bonds is 6. The molecule has 0 atom stereocenters. The number of hydrogen-bond donors (Lipinski definition) is 1. The fourth-order valence-electron chi connectivity index (χ4n) is 1.31. The van der Waals surface area contributed by atoms with E-state index in [9.17, 15) is 0 Å². The van der Waals surface area contributed by atoms with Gasteiger partial charge in [0.25, 0.3) is 0 Å². The highest BCUT2D eigenvalue weighted by molar-refractivity contribution is 5.44. The second-order valence-electron chi connectivity index (χ2n) is 4.13. The van der Waals surface area contributed by atoms with Crippen molar-refractivity contribution in [2.45, 2.75) is 20.3 Å². The first-order valence-electron chi connectivity index (χ1n) is 5.50. The van der Waals surface area contributed by atoms with Crippen LogP contribution in [0.4, 0.5) is 0 Å². The van der Waals surface area contributed by atoms with Crippen LogP contribution in [-0.2, 0) is 6.42 Å². The summed E-state index contributed by atoms with van der Waals surface area (Å²) in [6, 6.07) is 4.12. The lowest BCUT2D eigenvalue weighted by molar-refractivity contribution is 0.552. The summed E-state index contributed by atoms with van der Waals surface area (Å²) in [5.41, 5.74) is 2.21. The summed E-state index contributed by atoms with van der Waals surface area (Å²) >= 11 is 0. The molecular formula is C13H20N2. The SMILES string of the molecule is C=Cc1ccc(CCNCC(C)C)nc1. The lowest BCUT2D eigenvalue weighted by atomic mass is 10.2. The van der Waals surface area contributed by atoms with Gasteiger partial charge in [0, 0.05) is 24.9 Å². The van der Waals surface area contributed by atoms with Crippen molar-refractivity contribution in [3.8, 4) is 0 Å². The molecule has 0 spiro atoms. The maximum Gasteiger partial charge on any atom is 0.0416 e. The van der Waals surface area contributed by atoms with Crippen LogP contribution in [0.25, 0.3) is 6.08 Å². The average molecular weight is 204 g/mol. The fraction of sp³-hybridized carbons (Fsp3) is 0.462. The van der Waals surface area contributed by atoms with Gasteiger partial charge in [0.1, 0.15) is 0 Å². The van der Waals surface area contributed by atoms with E-state index in [1.54, 1.807) is 0 Å². The van der Waals surface area contributed by atoms with E-state index in [-0.39, 0.29) is 0 Å². The highest BCUT2D eigenvalue weighted by atomic mass is 14.9. The van der Waals surface area contributed by atoms with Crippen LogP contribution in [-0.4, -0.2) is 18.1 Å². The summed E-state index contributed by atoms with van der Waals surface area (Å²) in [6.07, 6.45) is 4.67. The Hall–Kier alpha value is -1.15. The van der Waals surface area contributed by atoms with Gasteiger partial charge in [-0.05, 0) is 24.1 Å². The van der Waals surface area contributed by atoms with E-state index in [0.717, 1.165) is 30.8 Å². The average Bonchev–Trinajstić information content (AvgIpc) is 2.25. The minimum absolute atomic E-state index is 0.709. The van der Waals surface area contributed by atoms with E-state index >= 15 is 0 Å². The molecule has 0 fully saturated rings. The van der Waals surface area contributed by atoms with Crippen LogP contribution in [0, 0.1) is 5.92 Å². The molecule has 0 unspecified atom stereocenters. The van der Waals surface area contributed by atoms with Crippen molar-refractivity contribution in [3.05, 3.63) is 36.2 Å². The molecule has 1 aromatic rings. The van der Waals surface area contributed by atoms with Crippen LogP contribution in [0.5, 0.6) is 0 Å². The Kier molecular flexibility index (Phi) is 5.05. The van der Waals surface area contributed by atoms with Gasteiger partial charge in [0.15, 0.2) is 0 Å². The van der Waals surface area contributed by atoms with Crippen molar-refractivity contribution < 1.29 is 0 Å². The van der Waals surface area contributed by atoms with Gasteiger partial charge in [-0.15, -0.1) is 0 Å². The molecule has 2 heteroatoms. The molecule has 0 aliphatic rings. The van der Waals surface area contributed by atoms with E-state index < -0.39 is 0 Å². The smallest absolute Gasteiger partial charge is 0.0416 e. The van der Waals surface area contributed by atoms with Crippen molar-refractivity contribution in [1.82, 2.24) is 10.3 Å². The normalized spacial score (nSPS) is 10.6. The number of aromatic nitrogens is 1. The zero-order valence-electron chi connectivity index (χ0n) is 9.66. The minimum atomic E-state index is 0.709. The number of nitrogens with zero attached hydrogens (tertiary/aromatic N) is 1. The van der Waals surface area contributed by atoms with Crippen LogP contribution in [0.1, 0.15) is 25.1 Å². The molecule has 0 amide bonds. The third-order valence-corrected chi connectivity index (χ3v) is 2.19. The first kappa shape index (κ1) is 11.9. The van der Waals surface area contributed by atoms with Crippen LogP contribution < -0.4 is 5.32 Å². The predicted octanol–water partition coefficient (Wildman–Crippen LogP) is 2.51. The Balaban J connectivity index is 2.28. The summed E-state index contributed by atoms with van der Waals surface area (Å²) in [6.45, 7) is 10.2. The molecule has 82 valence electrons. The number of pyridine rings is 1. The summed E-state index contributed by atoms with van der Waals surface area (Å²) in [4.78, 5) is 4.35. The Morgan fingerprint density at radius 1 is 1.47 bits per heavy atom. The van der Waals surface area contributed by atoms with E-state index in [0.29, 0.717) is 5.92 Å². The quantitative estimate of drug-likeness (QED) is 0.720. The maximum atomic E-state index is 4.35. The summed E-state index contributed by atoms with van der Waals surface area (Å²) in [7, 11) is 0. The van der Waals surface area contributed by atoms with Crippen LogP contribution >= 0.6 is 0 Å². The van der Waals surface area contributed by atoms with Crippen molar-refractivity contribution >= 4 is 6.08 Å². The molecule has 0 radical (unpaired) electrons. The van der Waals surface area contributed by atoms with Gasteiger partial charge >= 0.3 is 0 Å². The third-order valence-electron chi connectivity index (χ3n) is 2.19. The molecule has 0 saturated heterocycles. The summed E-state index contributed by atoms with van der Waals surface area (Å²) < 4.78 is 0. The molecular weight excluding hydrogens is 184 g/mol. The number of hydrogen-bond acceptors (Lipinski definition) is 2. The van der Waals surface area contributed by atoms with Crippen molar-refractivity contribution in [1.29, 1.82) is 0 Å². The molecule has 1 rings (SSSR count). The second kappa shape index (κ2) is 6.36. The number of nitrogens with one attached hydrogen (secondary N) is 1. The molecule has 1 aromatic heterocycles. The molecule has 0 saturated carbocycles. The Morgan fingerprint density at radius 2 is 2.27 bits per heavy atom. The Labute approximate surface area is 92.4 Å². The topological polar surface area (TPSA) is 24.9 Å². The third kappa shape index (κ3) is 4.75. The minimum Gasteiger partial charge on any atom is -0.316 e. The molecule has 0 aliphatic heterocycles. The second-order valence-corrected chi connectivity index (χ2v) is 4.13. The molecule has 1 heterocycles. The highest BCUT2D eigenvalue weighted by Gasteiger charge is 1.96. The van der Waals surface area contributed by atoms with E-state index in [4.69, 9.17) is 0 Å². The lowest BCUT2D eigenvalue weighted by Crippen LogP contribution is -2.22. The molecule has 0 aromatic carbocycles. The fourth-order valence-corrected chi connectivity index (χ4v) is 1.31. The van der Waals surface area contributed by atoms with Gasteiger partial charge in [0.05, 0.1) is 0 Å². The van der Waals surface area contributed by atoms with Crippen molar-refractivity contribution in [2.75, 3.05) is 13.1 Å². The monoisotopic (exact) mass is 204 g/mol. The zero-order valence-corrected chi connectivity index (χ0v) is 9.66. The van der Waals surface area contributed by atoms with Crippen LogP contribution in [0.15, 0.2) is 24.9 Å². The first-order chi connectivity index (χ1) is 7.22. The van der Waals surface area contributed by atoms with E-state index in [1.165, 1.54) is 0 Å². The van der Waals surface area contributed by atoms with Gasteiger partial charge in [-0.2, -0.15) is 0 Å². The largest absolute Gasteiger partial charge is 0.316 e. The van der Waals surface area contributed by atoms with E-state index in [1.807, 2.05) is 12.3 Å². The molecule has 2 nitrogen and oxygen atoms in total. The molecule has 15 heavy (non-hydrogen) atoms.